The van der Waals surface area contributed by atoms with Gasteiger partial charge in [-0.1, -0.05) is 17.7 Å². The smallest absolute Gasteiger partial charge is 0.316 e. The monoisotopic (exact) mass is 417 g/mol. The second-order valence-corrected chi connectivity index (χ2v) is 7.52. The average molecular weight is 417 g/mol. The number of halogens is 1. The fraction of sp³-hybridized carbons (Fsp3) is 0.160. The molecule has 1 heterocycles. The minimum absolute atomic E-state index is 0.0911. The van der Waals surface area contributed by atoms with Gasteiger partial charge in [0.2, 0.25) is 5.91 Å². The van der Waals surface area contributed by atoms with E-state index in [4.69, 9.17) is 4.74 Å². The SMILES string of the molecule is Cc1ccc(N2C[C@@H](C(=O)Oc3ccc(C(=O)c4ccc(F)cc4)cc3)CC2=O)cc1. The number of carbonyl (C=O) groups is 3. The summed E-state index contributed by atoms with van der Waals surface area (Å²) in [6.07, 6.45) is 0.0911. The molecule has 1 atom stereocenters. The van der Waals surface area contributed by atoms with E-state index in [-0.39, 0.29) is 24.7 Å². The highest BCUT2D eigenvalue weighted by Gasteiger charge is 2.36. The summed E-state index contributed by atoms with van der Waals surface area (Å²) in [7, 11) is 0. The third kappa shape index (κ3) is 4.53. The van der Waals surface area contributed by atoms with Crippen LogP contribution in [0.2, 0.25) is 0 Å². The molecule has 156 valence electrons. The third-order valence-electron chi connectivity index (χ3n) is 5.25. The Bertz CT molecular complexity index is 1120. The summed E-state index contributed by atoms with van der Waals surface area (Å²) in [5, 5.41) is 0. The molecule has 0 saturated carbocycles. The Morgan fingerprint density at radius 3 is 2.10 bits per heavy atom. The van der Waals surface area contributed by atoms with Crippen molar-refractivity contribution >= 4 is 23.3 Å². The summed E-state index contributed by atoms with van der Waals surface area (Å²) in [4.78, 5) is 39.0. The lowest BCUT2D eigenvalue weighted by molar-refractivity contribution is -0.139. The lowest BCUT2D eigenvalue weighted by atomic mass is 10.0. The number of rotatable bonds is 5. The number of ketones is 1. The predicted molar refractivity (Wildman–Crippen MR) is 114 cm³/mol. The molecule has 0 aromatic heterocycles. The largest absolute Gasteiger partial charge is 0.426 e. The highest BCUT2D eigenvalue weighted by atomic mass is 19.1. The quantitative estimate of drug-likeness (QED) is 0.352. The first-order chi connectivity index (χ1) is 14.9. The zero-order chi connectivity index (χ0) is 22.0. The van der Waals surface area contributed by atoms with Crippen LogP contribution in [0, 0.1) is 18.7 Å². The van der Waals surface area contributed by atoms with E-state index in [2.05, 4.69) is 0 Å². The van der Waals surface area contributed by atoms with E-state index in [9.17, 15) is 18.8 Å². The molecule has 1 amide bonds. The van der Waals surface area contributed by atoms with E-state index in [1.807, 2.05) is 31.2 Å². The second-order valence-electron chi connectivity index (χ2n) is 7.52. The number of hydrogen-bond acceptors (Lipinski definition) is 4. The minimum Gasteiger partial charge on any atom is -0.426 e. The van der Waals surface area contributed by atoms with Crippen LogP contribution in [0.25, 0.3) is 0 Å². The second kappa shape index (κ2) is 8.52. The van der Waals surface area contributed by atoms with Crippen molar-refractivity contribution in [1.82, 2.24) is 0 Å². The predicted octanol–water partition coefficient (Wildman–Crippen LogP) is 4.32. The maximum atomic E-state index is 13.0. The van der Waals surface area contributed by atoms with Crippen molar-refractivity contribution in [3.8, 4) is 5.75 Å². The molecular weight excluding hydrogens is 397 g/mol. The van der Waals surface area contributed by atoms with Gasteiger partial charge in [-0.3, -0.25) is 14.4 Å². The number of esters is 1. The van der Waals surface area contributed by atoms with Crippen molar-refractivity contribution in [2.45, 2.75) is 13.3 Å². The van der Waals surface area contributed by atoms with Crippen LogP contribution in [-0.2, 0) is 9.59 Å². The number of benzene rings is 3. The molecule has 0 radical (unpaired) electrons. The number of nitrogens with zero attached hydrogens (tertiary/aromatic N) is 1. The van der Waals surface area contributed by atoms with E-state index in [1.165, 1.54) is 36.4 Å². The Hall–Kier alpha value is -3.80. The molecule has 4 rings (SSSR count). The summed E-state index contributed by atoms with van der Waals surface area (Å²) in [5.74, 6) is -1.54. The zero-order valence-corrected chi connectivity index (χ0v) is 16.9. The standard InChI is InChI=1S/C25H20FNO4/c1-16-2-10-21(11-3-16)27-15-19(14-23(27)28)25(30)31-22-12-6-18(7-13-22)24(29)17-4-8-20(26)9-5-17/h2-13,19H,14-15H2,1H3/t19-/m0/s1. The summed E-state index contributed by atoms with van der Waals surface area (Å²) in [5.41, 5.74) is 2.61. The molecule has 1 aliphatic rings. The van der Waals surface area contributed by atoms with E-state index < -0.39 is 17.7 Å². The normalized spacial score (nSPS) is 15.7. The number of carbonyl (C=O) groups excluding carboxylic acids is 3. The van der Waals surface area contributed by atoms with Crippen LogP contribution in [0.15, 0.2) is 72.8 Å². The highest BCUT2D eigenvalue weighted by molar-refractivity contribution is 6.09. The van der Waals surface area contributed by atoms with Crippen molar-refractivity contribution < 1.29 is 23.5 Å². The van der Waals surface area contributed by atoms with E-state index in [0.29, 0.717) is 16.9 Å². The molecule has 3 aromatic rings. The Balaban J connectivity index is 1.39. The Morgan fingerprint density at radius 1 is 0.903 bits per heavy atom. The molecule has 6 heteroatoms. The number of aryl methyl sites for hydroxylation is 1. The molecule has 1 aliphatic heterocycles. The fourth-order valence-corrected chi connectivity index (χ4v) is 3.48. The molecule has 5 nitrogen and oxygen atoms in total. The summed E-state index contributed by atoms with van der Waals surface area (Å²) in [6.45, 7) is 2.23. The van der Waals surface area contributed by atoms with Gasteiger partial charge in [-0.05, 0) is 67.6 Å². The van der Waals surface area contributed by atoms with Gasteiger partial charge in [0, 0.05) is 29.8 Å². The number of anilines is 1. The molecule has 0 N–H and O–H groups in total. The van der Waals surface area contributed by atoms with Crippen LogP contribution in [0.1, 0.15) is 27.9 Å². The number of amides is 1. The van der Waals surface area contributed by atoms with Crippen molar-refractivity contribution in [2.75, 3.05) is 11.4 Å². The minimum atomic E-state index is -0.561. The molecule has 1 fully saturated rings. The number of ether oxygens (including phenoxy) is 1. The Labute approximate surface area is 179 Å². The molecule has 3 aromatic carbocycles. The van der Waals surface area contributed by atoms with E-state index in [1.54, 1.807) is 17.0 Å². The Morgan fingerprint density at radius 2 is 1.48 bits per heavy atom. The van der Waals surface area contributed by atoms with E-state index >= 15 is 0 Å². The summed E-state index contributed by atoms with van der Waals surface area (Å²) in [6, 6.07) is 19.0. The van der Waals surface area contributed by atoms with Gasteiger partial charge in [0.25, 0.3) is 0 Å². The van der Waals surface area contributed by atoms with Crippen LogP contribution in [0.4, 0.5) is 10.1 Å². The number of hydrogen-bond donors (Lipinski definition) is 0. The van der Waals surface area contributed by atoms with Gasteiger partial charge in [0.05, 0.1) is 5.92 Å². The van der Waals surface area contributed by atoms with Gasteiger partial charge < -0.3 is 9.64 Å². The topological polar surface area (TPSA) is 63.7 Å². The molecule has 0 bridgehead atoms. The maximum Gasteiger partial charge on any atom is 0.316 e. The summed E-state index contributed by atoms with van der Waals surface area (Å²) < 4.78 is 18.5. The first-order valence-corrected chi connectivity index (χ1v) is 9.90. The lowest BCUT2D eigenvalue weighted by Gasteiger charge is -2.16. The van der Waals surface area contributed by atoms with Gasteiger partial charge in [-0.25, -0.2) is 4.39 Å². The van der Waals surface area contributed by atoms with Crippen molar-refractivity contribution in [2.24, 2.45) is 5.92 Å². The maximum absolute atomic E-state index is 13.0. The lowest BCUT2D eigenvalue weighted by Crippen LogP contribution is -2.27. The zero-order valence-electron chi connectivity index (χ0n) is 16.9. The van der Waals surface area contributed by atoms with Gasteiger partial charge in [0.15, 0.2) is 5.78 Å². The van der Waals surface area contributed by atoms with Crippen LogP contribution >= 0.6 is 0 Å². The third-order valence-corrected chi connectivity index (χ3v) is 5.25. The van der Waals surface area contributed by atoms with Gasteiger partial charge in [-0.15, -0.1) is 0 Å². The molecular formula is C25H20FNO4. The van der Waals surface area contributed by atoms with Gasteiger partial charge in [0.1, 0.15) is 11.6 Å². The molecule has 1 saturated heterocycles. The first kappa shape index (κ1) is 20.5. The van der Waals surface area contributed by atoms with E-state index in [0.717, 1.165) is 11.3 Å². The molecule has 0 unspecified atom stereocenters. The van der Waals surface area contributed by atoms with Crippen LogP contribution in [-0.4, -0.2) is 24.2 Å². The van der Waals surface area contributed by atoms with Crippen molar-refractivity contribution in [3.63, 3.8) is 0 Å². The highest BCUT2D eigenvalue weighted by Crippen LogP contribution is 2.27. The molecule has 0 spiro atoms. The molecule has 0 aliphatic carbocycles. The fourth-order valence-electron chi connectivity index (χ4n) is 3.48. The average Bonchev–Trinajstić information content (AvgIpc) is 3.17. The van der Waals surface area contributed by atoms with Crippen molar-refractivity contribution in [3.05, 3.63) is 95.3 Å². The molecule has 31 heavy (non-hydrogen) atoms. The van der Waals surface area contributed by atoms with Gasteiger partial charge >= 0.3 is 5.97 Å². The van der Waals surface area contributed by atoms with Crippen LogP contribution < -0.4 is 9.64 Å². The van der Waals surface area contributed by atoms with Gasteiger partial charge in [-0.2, -0.15) is 0 Å². The summed E-state index contributed by atoms with van der Waals surface area (Å²) >= 11 is 0. The van der Waals surface area contributed by atoms with Crippen molar-refractivity contribution in [1.29, 1.82) is 0 Å². The van der Waals surface area contributed by atoms with Crippen LogP contribution in [0.3, 0.4) is 0 Å². The van der Waals surface area contributed by atoms with Crippen LogP contribution in [0.5, 0.6) is 5.75 Å². The first-order valence-electron chi connectivity index (χ1n) is 9.90. The Kier molecular flexibility index (Phi) is 5.62.